The number of aromatic nitrogens is 2. The summed E-state index contributed by atoms with van der Waals surface area (Å²) in [6.45, 7) is 3.96. The van der Waals surface area contributed by atoms with Gasteiger partial charge in [-0.15, -0.1) is 0 Å². The normalized spacial score (nSPS) is 11.7. The fourth-order valence-corrected chi connectivity index (χ4v) is 3.30. The first-order chi connectivity index (χ1) is 11.5. The van der Waals surface area contributed by atoms with Crippen LogP contribution < -0.4 is 21.0 Å². The van der Waals surface area contributed by atoms with Crippen LogP contribution in [0.4, 0.5) is 5.69 Å². The minimum Gasteiger partial charge on any atom is -0.377 e. The molecule has 5 heteroatoms. The van der Waals surface area contributed by atoms with Crippen LogP contribution in [0, 0.1) is 0 Å². The number of hydrogen-bond donors (Lipinski definition) is 1. The van der Waals surface area contributed by atoms with E-state index in [-0.39, 0.29) is 5.56 Å². The van der Waals surface area contributed by atoms with Gasteiger partial charge in [0.2, 0.25) is 0 Å². The van der Waals surface area contributed by atoms with Crippen LogP contribution in [0.15, 0.2) is 57.8 Å². The number of aromatic amines is 1. The van der Waals surface area contributed by atoms with Crippen LogP contribution in [0.5, 0.6) is 0 Å². The predicted molar refractivity (Wildman–Crippen MR) is 103 cm³/mol. The summed E-state index contributed by atoms with van der Waals surface area (Å²) in [5.74, 6) is 0. The Morgan fingerprint density at radius 1 is 1.17 bits per heavy atom. The van der Waals surface area contributed by atoms with E-state index in [9.17, 15) is 4.79 Å². The maximum absolute atomic E-state index is 12.7. The molecule has 0 radical (unpaired) electrons. The molecular formula is C19H18BrN3O. The molecule has 0 spiro atoms. The Labute approximate surface area is 148 Å². The molecule has 122 valence electrons. The van der Waals surface area contributed by atoms with Crippen LogP contribution in [0.1, 0.15) is 5.56 Å². The molecular weight excluding hydrogens is 366 g/mol. The molecule has 1 N–H and O–H groups in total. The summed E-state index contributed by atoms with van der Waals surface area (Å²) < 4.78 is 2.49. The summed E-state index contributed by atoms with van der Waals surface area (Å²) in [5, 5.41) is 4.19. The molecule has 0 fully saturated rings. The number of anilines is 1. The van der Waals surface area contributed by atoms with Gasteiger partial charge >= 0.3 is 0 Å². The summed E-state index contributed by atoms with van der Waals surface area (Å²) >= 11 is 3.57. The standard InChI is InChI=1S/C19H18BrN3O/c1-13-16(11-14-9-10-18(22(2)3)17(20)12-14)19(24)23(21-13)15-7-5-4-6-8-15/h4-12,21H,1H2,2-3H3. The van der Waals surface area contributed by atoms with Crippen LogP contribution in [-0.4, -0.2) is 23.9 Å². The van der Waals surface area contributed by atoms with Gasteiger partial charge < -0.3 is 4.90 Å². The smallest absolute Gasteiger partial charge is 0.279 e. The Bertz CT molecular complexity index is 1030. The minimum atomic E-state index is -0.112. The summed E-state index contributed by atoms with van der Waals surface area (Å²) in [4.78, 5) is 14.7. The van der Waals surface area contributed by atoms with E-state index in [4.69, 9.17) is 0 Å². The summed E-state index contributed by atoms with van der Waals surface area (Å²) in [5.41, 5.74) is 2.70. The van der Waals surface area contributed by atoms with Crippen molar-refractivity contribution in [1.29, 1.82) is 0 Å². The zero-order chi connectivity index (χ0) is 17.3. The van der Waals surface area contributed by atoms with E-state index in [2.05, 4.69) is 27.6 Å². The molecule has 0 aliphatic heterocycles. The van der Waals surface area contributed by atoms with E-state index in [1.165, 1.54) is 4.68 Å². The maximum atomic E-state index is 12.7. The van der Waals surface area contributed by atoms with Gasteiger partial charge in [-0.1, -0.05) is 30.8 Å². The Morgan fingerprint density at radius 2 is 1.88 bits per heavy atom. The van der Waals surface area contributed by atoms with Crippen molar-refractivity contribution in [3.63, 3.8) is 0 Å². The van der Waals surface area contributed by atoms with Crippen molar-refractivity contribution in [2.24, 2.45) is 0 Å². The molecule has 24 heavy (non-hydrogen) atoms. The van der Waals surface area contributed by atoms with Gasteiger partial charge in [0, 0.05) is 18.6 Å². The number of para-hydroxylation sites is 1. The second-order valence-corrected chi connectivity index (χ2v) is 6.58. The molecule has 2 aromatic carbocycles. The average molecular weight is 384 g/mol. The largest absolute Gasteiger partial charge is 0.377 e. The van der Waals surface area contributed by atoms with Gasteiger partial charge in [0.05, 0.1) is 21.9 Å². The van der Waals surface area contributed by atoms with E-state index < -0.39 is 0 Å². The van der Waals surface area contributed by atoms with Crippen molar-refractivity contribution >= 4 is 34.3 Å². The number of H-pyrrole nitrogens is 1. The van der Waals surface area contributed by atoms with Gasteiger partial charge in [-0.25, -0.2) is 4.68 Å². The van der Waals surface area contributed by atoms with Crippen LogP contribution in [0.3, 0.4) is 0 Å². The van der Waals surface area contributed by atoms with Crippen LogP contribution in [0.25, 0.3) is 18.3 Å². The number of halogens is 1. The van der Waals surface area contributed by atoms with Crippen molar-refractivity contribution in [1.82, 2.24) is 9.78 Å². The molecule has 0 atom stereocenters. The zero-order valence-corrected chi connectivity index (χ0v) is 15.2. The van der Waals surface area contributed by atoms with E-state index in [0.717, 1.165) is 21.4 Å². The third kappa shape index (κ3) is 3.08. The molecule has 0 unspecified atom stereocenters. The molecule has 0 saturated carbocycles. The summed E-state index contributed by atoms with van der Waals surface area (Å²) in [7, 11) is 3.98. The third-order valence-electron chi connectivity index (χ3n) is 3.78. The third-order valence-corrected chi connectivity index (χ3v) is 4.42. The van der Waals surface area contributed by atoms with Gasteiger partial charge in [0.25, 0.3) is 5.56 Å². The van der Waals surface area contributed by atoms with Crippen LogP contribution >= 0.6 is 15.9 Å². The number of hydrogen-bond acceptors (Lipinski definition) is 2. The monoisotopic (exact) mass is 383 g/mol. The fourth-order valence-electron chi connectivity index (χ4n) is 2.55. The Hall–Kier alpha value is -2.53. The lowest BCUT2D eigenvalue weighted by atomic mass is 10.1. The molecule has 1 aromatic heterocycles. The van der Waals surface area contributed by atoms with Crippen molar-refractivity contribution in [2.45, 2.75) is 0 Å². The van der Waals surface area contributed by atoms with Gasteiger partial charge in [-0.2, -0.15) is 0 Å². The van der Waals surface area contributed by atoms with Crippen LogP contribution in [-0.2, 0) is 0 Å². The SMILES string of the molecule is C=c1[nH]n(-c2ccccc2)c(=O)c1=Cc1ccc(N(C)C)c(Br)c1. The van der Waals surface area contributed by atoms with Gasteiger partial charge in [-0.05, 0) is 51.8 Å². The second kappa shape index (κ2) is 6.53. The molecule has 0 aliphatic rings. The quantitative estimate of drug-likeness (QED) is 0.753. The van der Waals surface area contributed by atoms with E-state index in [0.29, 0.717) is 10.6 Å². The molecule has 4 nitrogen and oxygen atoms in total. The molecule has 0 bridgehead atoms. The lowest BCUT2D eigenvalue weighted by Crippen LogP contribution is -2.33. The summed E-state index contributed by atoms with van der Waals surface area (Å²) in [6, 6.07) is 15.5. The highest BCUT2D eigenvalue weighted by atomic mass is 79.9. The Balaban J connectivity index is 2.13. The van der Waals surface area contributed by atoms with E-state index in [1.807, 2.05) is 73.6 Å². The average Bonchev–Trinajstić information content (AvgIpc) is 2.83. The highest BCUT2D eigenvalue weighted by Gasteiger charge is 2.06. The lowest BCUT2D eigenvalue weighted by Gasteiger charge is -2.14. The Kier molecular flexibility index (Phi) is 4.44. The number of nitrogens with one attached hydrogen (secondary N) is 1. The van der Waals surface area contributed by atoms with Crippen molar-refractivity contribution in [3.8, 4) is 5.69 Å². The van der Waals surface area contributed by atoms with Gasteiger partial charge in [0.15, 0.2) is 0 Å². The second-order valence-electron chi connectivity index (χ2n) is 5.73. The first kappa shape index (κ1) is 16.3. The first-order valence-electron chi connectivity index (χ1n) is 7.51. The molecule has 1 heterocycles. The first-order valence-corrected chi connectivity index (χ1v) is 8.30. The van der Waals surface area contributed by atoms with Crippen molar-refractivity contribution < 1.29 is 0 Å². The molecule has 3 aromatic rings. The number of benzene rings is 2. The van der Waals surface area contributed by atoms with Crippen molar-refractivity contribution in [3.05, 3.63) is 79.5 Å². The predicted octanol–water partition coefficient (Wildman–Crippen LogP) is 2.23. The maximum Gasteiger partial charge on any atom is 0.279 e. The minimum absolute atomic E-state index is 0.112. The molecule has 0 aliphatic carbocycles. The van der Waals surface area contributed by atoms with Gasteiger partial charge in [-0.3, -0.25) is 9.89 Å². The van der Waals surface area contributed by atoms with E-state index >= 15 is 0 Å². The van der Waals surface area contributed by atoms with Crippen molar-refractivity contribution in [2.75, 3.05) is 19.0 Å². The highest BCUT2D eigenvalue weighted by Crippen LogP contribution is 2.25. The topological polar surface area (TPSA) is 41.0 Å². The molecule has 0 amide bonds. The number of nitrogens with zero attached hydrogens (tertiary/aromatic N) is 2. The highest BCUT2D eigenvalue weighted by molar-refractivity contribution is 9.10. The molecule has 3 rings (SSSR count). The zero-order valence-electron chi connectivity index (χ0n) is 13.6. The summed E-state index contributed by atoms with van der Waals surface area (Å²) in [6.07, 6.45) is 1.85. The van der Waals surface area contributed by atoms with Gasteiger partial charge in [0.1, 0.15) is 0 Å². The van der Waals surface area contributed by atoms with E-state index in [1.54, 1.807) is 0 Å². The van der Waals surface area contributed by atoms with Crippen LogP contribution in [0.2, 0.25) is 0 Å². The lowest BCUT2D eigenvalue weighted by molar-refractivity contribution is 0.838. The number of rotatable bonds is 3. The Morgan fingerprint density at radius 3 is 2.50 bits per heavy atom. The molecule has 0 saturated heterocycles. The fraction of sp³-hybridized carbons (Fsp3) is 0.105.